The second-order valence-electron chi connectivity index (χ2n) is 8.18. The summed E-state index contributed by atoms with van der Waals surface area (Å²) in [5.41, 5.74) is 1.02. The number of alkyl halides is 1. The third kappa shape index (κ3) is 3.26. The van der Waals surface area contributed by atoms with Gasteiger partial charge in [0.1, 0.15) is 11.9 Å². The number of rotatable bonds is 4. The van der Waals surface area contributed by atoms with Crippen LogP contribution in [0.15, 0.2) is 30.3 Å². The Morgan fingerprint density at radius 3 is 2.80 bits per heavy atom. The summed E-state index contributed by atoms with van der Waals surface area (Å²) in [5, 5.41) is 33.9. The Balaban J connectivity index is 1.33. The monoisotopic (exact) mass is 411 g/mol. The molecule has 1 aromatic carbocycles. The van der Waals surface area contributed by atoms with Gasteiger partial charge in [0.25, 0.3) is 0 Å². The number of aromatic hydroxyl groups is 1. The average molecular weight is 411 g/mol. The molecule has 0 aliphatic carbocycles. The van der Waals surface area contributed by atoms with Gasteiger partial charge in [0.2, 0.25) is 5.88 Å². The molecule has 2 N–H and O–H groups in total. The summed E-state index contributed by atoms with van der Waals surface area (Å²) in [6.07, 6.45) is 0.722. The number of hydrogen-bond donors (Lipinski definition) is 2. The van der Waals surface area contributed by atoms with Gasteiger partial charge in [0, 0.05) is 30.2 Å². The number of phenolic OH excluding ortho intramolecular Hbond substituents is 1. The molecule has 0 saturated carbocycles. The molecule has 0 spiro atoms. The zero-order chi connectivity index (χ0) is 20.9. The number of tetrazole rings is 1. The van der Waals surface area contributed by atoms with E-state index in [1.54, 1.807) is 31.2 Å². The van der Waals surface area contributed by atoms with Crippen molar-refractivity contribution in [2.45, 2.75) is 57.0 Å². The van der Waals surface area contributed by atoms with Crippen LogP contribution in [0.2, 0.25) is 0 Å². The van der Waals surface area contributed by atoms with E-state index in [1.165, 1.54) is 10.9 Å². The lowest BCUT2D eigenvalue weighted by molar-refractivity contribution is 0.00813. The van der Waals surface area contributed by atoms with Crippen LogP contribution in [-0.2, 0) is 0 Å². The standard InChI is InChI=1S/C20H22FN7O2/c1-11-23-27-28(26-11)13-3-4-14(16(29)10-13)15-5-6-18(25-24-15)30-17-9-12-7-8-20(2,22-12)19(17)21/h3-6,10,12,17,19,22,29H,7-9H2,1-2H3/t12?,17-,19+,20+/m1/s1. The highest BCUT2D eigenvalue weighted by atomic mass is 19.1. The number of halogens is 1. The molecule has 2 aromatic heterocycles. The Hall–Kier alpha value is -3.14. The zero-order valence-corrected chi connectivity index (χ0v) is 16.7. The van der Waals surface area contributed by atoms with Gasteiger partial charge >= 0.3 is 0 Å². The van der Waals surface area contributed by atoms with Crippen molar-refractivity contribution in [3.8, 4) is 28.6 Å². The van der Waals surface area contributed by atoms with Crippen molar-refractivity contribution in [2.24, 2.45) is 0 Å². The molecule has 2 saturated heterocycles. The van der Waals surface area contributed by atoms with Crippen molar-refractivity contribution in [1.82, 2.24) is 35.7 Å². The van der Waals surface area contributed by atoms with Gasteiger partial charge in [-0.2, -0.15) is 0 Å². The molecule has 2 fully saturated rings. The van der Waals surface area contributed by atoms with Crippen molar-refractivity contribution < 1.29 is 14.2 Å². The minimum atomic E-state index is -1.11. The number of nitrogens with zero attached hydrogens (tertiary/aromatic N) is 6. The van der Waals surface area contributed by atoms with Crippen LogP contribution in [0, 0.1) is 6.92 Å². The third-order valence-electron chi connectivity index (χ3n) is 5.91. The topological polar surface area (TPSA) is 111 Å². The lowest BCUT2D eigenvalue weighted by Crippen LogP contribution is -2.59. The Morgan fingerprint density at radius 1 is 1.23 bits per heavy atom. The number of fused-ring (bicyclic) bond motifs is 2. The summed E-state index contributed by atoms with van der Waals surface area (Å²) in [4.78, 5) is 1.33. The second kappa shape index (κ2) is 6.98. The van der Waals surface area contributed by atoms with Crippen LogP contribution >= 0.6 is 0 Å². The molecule has 2 aliphatic heterocycles. The molecule has 0 amide bonds. The van der Waals surface area contributed by atoms with Gasteiger partial charge in [0.15, 0.2) is 12.0 Å². The van der Waals surface area contributed by atoms with E-state index in [2.05, 4.69) is 30.9 Å². The van der Waals surface area contributed by atoms with Crippen LogP contribution < -0.4 is 10.1 Å². The average Bonchev–Trinajstić information content (AvgIpc) is 3.31. The SMILES string of the molecule is Cc1nnn(-c2ccc(-c3ccc(O[C@@H]4CC5CC[C@](C)(N5)[C@H]4F)nn3)c(O)c2)n1. The summed E-state index contributed by atoms with van der Waals surface area (Å²) in [6, 6.07) is 8.61. The fourth-order valence-electron chi connectivity index (χ4n) is 4.33. The molecule has 5 rings (SSSR count). The Labute approximate surface area is 172 Å². The van der Waals surface area contributed by atoms with E-state index in [4.69, 9.17) is 4.74 Å². The summed E-state index contributed by atoms with van der Waals surface area (Å²) in [7, 11) is 0. The summed E-state index contributed by atoms with van der Waals surface area (Å²) >= 11 is 0. The first-order valence-corrected chi connectivity index (χ1v) is 9.94. The zero-order valence-electron chi connectivity index (χ0n) is 16.7. The molecular formula is C20H22FN7O2. The first kappa shape index (κ1) is 18.9. The first-order valence-electron chi connectivity index (χ1n) is 9.94. The quantitative estimate of drug-likeness (QED) is 0.672. The fraction of sp³-hybridized carbons (Fsp3) is 0.450. The van der Waals surface area contributed by atoms with Crippen molar-refractivity contribution in [1.29, 1.82) is 0 Å². The van der Waals surface area contributed by atoms with Crippen molar-refractivity contribution >= 4 is 0 Å². The van der Waals surface area contributed by atoms with Crippen LogP contribution in [0.3, 0.4) is 0 Å². The minimum Gasteiger partial charge on any atom is -0.507 e. The fourth-order valence-corrected chi connectivity index (χ4v) is 4.33. The number of benzene rings is 1. The molecule has 2 aliphatic rings. The van der Waals surface area contributed by atoms with Crippen molar-refractivity contribution in [2.75, 3.05) is 0 Å². The minimum absolute atomic E-state index is 0.0112. The Kier molecular flexibility index (Phi) is 4.39. The summed E-state index contributed by atoms with van der Waals surface area (Å²) in [6.45, 7) is 3.64. The number of phenols is 1. The molecule has 0 radical (unpaired) electrons. The van der Waals surface area contributed by atoms with Crippen molar-refractivity contribution in [3.05, 3.63) is 36.2 Å². The molecule has 4 heterocycles. The van der Waals surface area contributed by atoms with E-state index in [9.17, 15) is 9.50 Å². The van der Waals surface area contributed by atoms with E-state index < -0.39 is 17.8 Å². The van der Waals surface area contributed by atoms with Gasteiger partial charge in [-0.05, 0) is 50.1 Å². The summed E-state index contributed by atoms with van der Waals surface area (Å²) in [5.74, 6) is 0.818. The van der Waals surface area contributed by atoms with Crippen molar-refractivity contribution in [3.63, 3.8) is 0 Å². The number of piperidine rings is 1. The van der Waals surface area contributed by atoms with Gasteiger partial charge in [-0.3, -0.25) is 0 Å². The van der Waals surface area contributed by atoms with Crippen LogP contribution in [0.1, 0.15) is 32.0 Å². The predicted octanol–water partition coefficient (Wildman–Crippen LogP) is 2.13. The number of ether oxygens (including phenoxy) is 1. The van der Waals surface area contributed by atoms with Crippen LogP contribution in [-0.4, -0.2) is 59.4 Å². The number of hydrogen-bond acceptors (Lipinski definition) is 8. The molecule has 10 heteroatoms. The van der Waals surface area contributed by atoms with E-state index in [0.29, 0.717) is 29.2 Å². The number of aryl methyl sites for hydroxylation is 1. The maximum atomic E-state index is 14.9. The van der Waals surface area contributed by atoms with Gasteiger partial charge in [-0.15, -0.1) is 25.2 Å². The first-order chi connectivity index (χ1) is 14.4. The Morgan fingerprint density at radius 2 is 2.10 bits per heavy atom. The number of nitrogens with one attached hydrogen (secondary N) is 1. The molecular weight excluding hydrogens is 389 g/mol. The van der Waals surface area contributed by atoms with Crippen LogP contribution in [0.25, 0.3) is 16.9 Å². The maximum Gasteiger partial charge on any atom is 0.233 e. The van der Waals surface area contributed by atoms with Gasteiger partial charge in [-0.25, -0.2) is 4.39 Å². The smallest absolute Gasteiger partial charge is 0.233 e. The highest BCUT2D eigenvalue weighted by Crippen LogP contribution is 2.39. The second-order valence-corrected chi connectivity index (χ2v) is 8.18. The highest BCUT2D eigenvalue weighted by Gasteiger charge is 2.51. The third-order valence-corrected chi connectivity index (χ3v) is 5.91. The van der Waals surface area contributed by atoms with Crippen LogP contribution in [0.4, 0.5) is 4.39 Å². The van der Waals surface area contributed by atoms with Gasteiger partial charge in [0.05, 0.1) is 16.9 Å². The van der Waals surface area contributed by atoms with Crippen LogP contribution in [0.5, 0.6) is 11.6 Å². The molecule has 4 atom stereocenters. The molecule has 1 unspecified atom stereocenters. The number of aromatic nitrogens is 6. The van der Waals surface area contributed by atoms with E-state index >= 15 is 0 Å². The molecule has 3 aromatic rings. The molecule has 156 valence electrons. The van der Waals surface area contributed by atoms with E-state index in [-0.39, 0.29) is 17.7 Å². The molecule has 9 nitrogen and oxygen atoms in total. The highest BCUT2D eigenvalue weighted by molar-refractivity contribution is 5.68. The maximum absolute atomic E-state index is 14.9. The summed E-state index contributed by atoms with van der Waals surface area (Å²) < 4.78 is 20.7. The molecule has 30 heavy (non-hydrogen) atoms. The van der Waals surface area contributed by atoms with E-state index in [0.717, 1.165) is 12.8 Å². The van der Waals surface area contributed by atoms with Gasteiger partial charge < -0.3 is 15.2 Å². The lowest BCUT2D eigenvalue weighted by Gasteiger charge is -2.39. The lowest BCUT2D eigenvalue weighted by atomic mass is 9.88. The van der Waals surface area contributed by atoms with Gasteiger partial charge in [-0.1, -0.05) is 0 Å². The predicted molar refractivity (Wildman–Crippen MR) is 105 cm³/mol. The molecule has 2 bridgehead atoms. The van der Waals surface area contributed by atoms with E-state index in [1.807, 2.05) is 6.92 Å². The largest absolute Gasteiger partial charge is 0.507 e. The Bertz CT molecular complexity index is 1070. The normalized spacial score (nSPS) is 27.9.